The molecule has 1 atom stereocenters. The van der Waals surface area contributed by atoms with Gasteiger partial charge in [0.1, 0.15) is 16.2 Å². The number of carboxylic acid groups (broad SMARTS) is 1. The SMILES string of the molecule is CC(C)OC(=O)c1ccc(-c2ccc(/C=C3\SC(S)N(CCCC(=O)O)C3=O)o2)cc1. The molecule has 2 heterocycles. The topological polar surface area (TPSA) is 97.0 Å². The van der Waals surface area contributed by atoms with Gasteiger partial charge in [-0.25, -0.2) is 4.79 Å². The predicted octanol–water partition coefficient (Wildman–Crippen LogP) is 4.51. The number of aliphatic carboxylic acids is 1. The summed E-state index contributed by atoms with van der Waals surface area (Å²) in [6.45, 7) is 3.92. The summed E-state index contributed by atoms with van der Waals surface area (Å²) in [5.41, 5.74) is 1.25. The number of benzene rings is 1. The van der Waals surface area contributed by atoms with E-state index in [4.69, 9.17) is 14.3 Å². The van der Waals surface area contributed by atoms with Crippen molar-refractivity contribution in [2.45, 2.75) is 37.5 Å². The highest BCUT2D eigenvalue weighted by molar-refractivity contribution is 8.14. The van der Waals surface area contributed by atoms with Crippen molar-refractivity contribution in [1.82, 2.24) is 4.90 Å². The summed E-state index contributed by atoms with van der Waals surface area (Å²) in [7, 11) is 0. The molecule has 1 aliphatic rings. The van der Waals surface area contributed by atoms with Crippen LogP contribution in [0.5, 0.6) is 0 Å². The first-order valence-electron chi connectivity index (χ1n) is 9.75. The van der Waals surface area contributed by atoms with E-state index >= 15 is 0 Å². The van der Waals surface area contributed by atoms with Crippen molar-refractivity contribution < 1.29 is 28.6 Å². The normalized spacial score (nSPS) is 17.5. The fraction of sp³-hybridized carbons (Fsp3) is 0.318. The number of amides is 1. The Morgan fingerprint density at radius 2 is 1.97 bits per heavy atom. The number of ether oxygens (including phenoxy) is 1. The molecule has 0 aliphatic carbocycles. The molecular formula is C22H23NO6S2. The summed E-state index contributed by atoms with van der Waals surface area (Å²) < 4.78 is 10.7. The van der Waals surface area contributed by atoms with Gasteiger partial charge < -0.3 is 19.2 Å². The first-order valence-corrected chi connectivity index (χ1v) is 11.1. The maximum atomic E-state index is 12.6. The van der Waals surface area contributed by atoms with Crippen molar-refractivity contribution in [3.63, 3.8) is 0 Å². The van der Waals surface area contributed by atoms with E-state index in [-0.39, 0.29) is 29.1 Å². The second-order valence-corrected chi connectivity index (χ2v) is 9.14. The average molecular weight is 462 g/mol. The van der Waals surface area contributed by atoms with Gasteiger partial charge in [-0.3, -0.25) is 9.59 Å². The minimum absolute atomic E-state index is 0.00349. The first-order chi connectivity index (χ1) is 14.7. The van der Waals surface area contributed by atoms with Gasteiger partial charge in [0.15, 0.2) is 0 Å². The Hall–Kier alpha value is -2.65. The second kappa shape index (κ2) is 10.1. The standard InChI is InChI=1S/C22H23NO6S2/c1-13(2)28-21(27)15-7-5-14(6-8-15)17-10-9-16(29-17)12-18-20(26)23(22(30)31-18)11-3-4-19(24)25/h5-10,12-13,22,30H,3-4,11H2,1-2H3,(H,24,25)/b18-12-. The zero-order valence-electron chi connectivity index (χ0n) is 17.1. The number of thiol groups is 1. The molecule has 2 aromatic rings. The lowest BCUT2D eigenvalue weighted by molar-refractivity contribution is -0.137. The van der Waals surface area contributed by atoms with E-state index in [1.54, 1.807) is 61.2 Å². The fourth-order valence-electron chi connectivity index (χ4n) is 2.95. The lowest BCUT2D eigenvalue weighted by Gasteiger charge is -2.18. The molecule has 7 nitrogen and oxygen atoms in total. The number of thioether (sulfide) groups is 1. The lowest BCUT2D eigenvalue weighted by atomic mass is 10.1. The first kappa shape index (κ1) is 23.0. The Labute approximate surface area is 189 Å². The van der Waals surface area contributed by atoms with Crippen LogP contribution in [-0.4, -0.2) is 45.2 Å². The number of esters is 1. The second-order valence-electron chi connectivity index (χ2n) is 7.18. The third kappa shape index (κ3) is 5.95. The third-order valence-electron chi connectivity index (χ3n) is 4.41. The number of carbonyl (C=O) groups excluding carboxylic acids is 2. The van der Waals surface area contributed by atoms with Gasteiger partial charge in [0.05, 0.1) is 16.6 Å². The molecule has 1 amide bonds. The quantitative estimate of drug-likeness (QED) is 0.339. The smallest absolute Gasteiger partial charge is 0.338 e. The molecule has 1 unspecified atom stereocenters. The molecule has 0 saturated carbocycles. The molecule has 31 heavy (non-hydrogen) atoms. The highest BCUT2D eigenvalue weighted by Crippen LogP contribution is 2.38. The molecule has 1 aromatic carbocycles. The Balaban J connectivity index is 1.68. The number of carbonyl (C=O) groups is 3. The molecular weight excluding hydrogens is 438 g/mol. The van der Waals surface area contributed by atoms with E-state index in [1.807, 2.05) is 0 Å². The van der Waals surface area contributed by atoms with Crippen LogP contribution in [0.1, 0.15) is 42.8 Å². The Morgan fingerprint density at radius 1 is 1.26 bits per heavy atom. The molecule has 0 spiro atoms. The third-order valence-corrected chi connectivity index (χ3v) is 6.02. The minimum atomic E-state index is -0.890. The van der Waals surface area contributed by atoms with Crippen LogP contribution in [0.25, 0.3) is 17.4 Å². The number of rotatable bonds is 8. The maximum Gasteiger partial charge on any atom is 0.338 e. The fourth-order valence-corrected chi connectivity index (χ4v) is 4.46. The van der Waals surface area contributed by atoms with Crippen LogP contribution in [-0.2, 0) is 14.3 Å². The van der Waals surface area contributed by atoms with E-state index in [1.165, 1.54) is 11.8 Å². The highest BCUT2D eigenvalue weighted by atomic mass is 32.2. The molecule has 164 valence electrons. The summed E-state index contributed by atoms with van der Waals surface area (Å²) in [5, 5.41) is 8.76. The van der Waals surface area contributed by atoms with Crippen molar-refractivity contribution in [1.29, 1.82) is 0 Å². The zero-order valence-corrected chi connectivity index (χ0v) is 18.8. The number of carboxylic acids is 1. The van der Waals surface area contributed by atoms with Crippen LogP contribution in [0.15, 0.2) is 45.7 Å². The van der Waals surface area contributed by atoms with Gasteiger partial charge in [0.25, 0.3) is 5.91 Å². The molecule has 0 radical (unpaired) electrons. The Morgan fingerprint density at radius 3 is 2.61 bits per heavy atom. The van der Waals surface area contributed by atoms with E-state index in [2.05, 4.69) is 12.6 Å². The summed E-state index contributed by atoms with van der Waals surface area (Å²) in [6, 6.07) is 10.5. The monoisotopic (exact) mass is 461 g/mol. The molecule has 1 aromatic heterocycles. The number of nitrogens with zero attached hydrogens (tertiary/aromatic N) is 1. The minimum Gasteiger partial charge on any atom is -0.481 e. The van der Waals surface area contributed by atoms with Gasteiger partial charge in [-0.2, -0.15) is 0 Å². The number of furan rings is 1. The van der Waals surface area contributed by atoms with Gasteiger partial charge in [0.2, 0.25) is 0 Å². The van der Waals surface area contributed by atoms with Gasteiger partial charge in [-0.05, 0) is 44.5 Å². The van der Waals surface area contributed by atoms with E-state index < -0.39 is 5.97 Å². The van der Waals surface area contributed by atoms with Crippen LogP contribution < -0.4 is 0 Å². The summed E-state index contributed by atoms with van der Waals surface area (Å²) >= 11 is 5.71. The Kier molecular flexibility index (Phi) is 7.50. The maximum absolute atomic E-state index is 12.6. The van der Waals surface area contributed by atoms with Crippen molar-refractivity contribution in [3.8, 4) is 11.3 Å². The Bertz CT molecular complexity index is 996. The molecule has 1 N–H and O–H groups in total. The summed E-state index contributed by atoms with van der Waals surface area (Å²) in [6.07, 6.45) is 1.85. The van der Waals surface area contributed by atoms with Crippen molar-refractivity contribution in [3.05, 3.63) is 52.6 Å². The lowest BCUT2D eigenvalue weighted by Crippen LogP contribution is -2.30. The van der Waals surface area contributed by atoms with E-state index in [9.17, 15) is 14.4 Å². The molecule has 9 heteroatoms. The molecule has 0 bridgehead atoms. The zero-order chi connectivity index (χ0) is 22.5. The van der Waals surface area contributed by atoms with Crippen LogP contribution in [0.2, 0.25) is 0 Å². The van der Waals surface area contributed by atoms with Crippen LogP contribution >= 0.6 is 24.4 Å². The summed E-state index contributed by atoms with van der Waals surface area (Å²) in [4.78, 5) is 37.3. The average Bonchev–Trinajstić information content (AvgIpc) is 3.27. The van der Waals surface area contributed by atoms with Crippen molar-refractivity contribution in [2.75, 3.05) is 6.54 Å². The van der Waals surface area contributed by atoms with Gasteiger partial charge in [-0.1, -0.05) is 23.9 Å². The number of hydrogen-bond donors (Lipinski definition) is 2. The molecule has 3 rings (SSSR count). The summed E-state index contributed by atoms with van der Waals surface area (Å²) in [5.74, 6) is -0.341. The molecule has 1 aliphatic heterocycles. The van der Waals surface area contributed by atoms with Crippen molar-refractivity contribution in [2.24, 2.45) is 0 Å². The van der Waals surface area contributed by atoms with E-state index in [0.717, 1.165) is 5.56 Å². The van der Waals surface area contributed by atoms with Gasteiger partial charge in [-0.15, -0.1) is 12.6 Å². The van der Waals surface area contributed by atoms with Crippen LogP contribution in [0, 0.1) is 0 Å². The van der Waals surface area contributed by atoms with Gasteiger partial charge in [0, 0.05) is 24.6 Å². The van der Waals surface area contributed by atoms with Crippen LogP contribution in [0.3, 0.4) is 0 Å². The van der Waals surface area contributed by atoms with Crippen molar-refractivity contribution >= 4 is 48.3 Å². The largest absolute Gasteiger partial charge is 0.481 e. The van der Waals surface area contributed by atoms with Crippen LogP contribution in [0.4, 0.5) is 0 Å². The number of hydrogen-bond acceptors (Lipinski definition) is 7. The predicted molar refractivity (Wildman–Crippen MR) is 122 cm³/mol. The van der Waals surface area contributed by atoms with Gasteiger partial charge >= 0.3 is 11.9 Å². The molecule has 1 fully saturated rings. The molecule has 1 saturated heterocycles. The van der Waals surface area contributed by atoms with E-state index in [0.29, 0.717) is 35.0 Å². The highest BCUT2D eigenvalue weighted by Gasteiger charge is 2.33.